The minimum absolute atomic E-state index is 0.00964. The van der Waals surface area contributed by atoms with E-state index < -0.39 is 0 Å². The molecule has 6 heteroatoms. The molecule has 0 spiro atoms. The van der Waals surface area contributed by atoms with E-state index in [2.05, 4.69) is 15.4 Å². The minimum Gasteiger partial charge on any atom is -0.349 e. The van der Waals surface area contributed by atoms with Gasteiger partial charge in [0.2, 0.25) is 0 Å². The lowest BCUT2D eigenvalue weighted by molar-refractivity contribution is 0.0938. The summed E-state index contributed by atoms with van der Waals surface area (Å²) in [6.45, 7) is 3.79. The van der Waals surface area contributed by atoms with Crippen molar-refractivity contribution in [3.8, 4) is 22.5 Å². The first-order valence-corrected chi connectivity index (χ1v) is 9.04. The molecular formula is C22H19FN4O. The number of carbonyl (C=O) groups excluding carboxylic acids is 1. The summed E-state index contributed by atoms with van der Waals surface area (Å²) in [6, 6.07) is 19.4. The Kier molecular flexibility index (Phi) is 4.61. The van der Waals surface area contributed by atoms with Gasteiger partial charge in [-0.15, -0.1) is 0 Å². The lowest BCUT2D eigenvalue weighted by Gasteiger charge is -2.10. The third kappa shape index (κ3) is 3.49. The molecule has 1 amide bonds. The summed E-state index contributed by atoms with van der Waals surface area (Å²) in [5, 5.41) is 7.53. The van der Waals surface area contributed by atoms with E-state index in [1.54, 1.807) is 22.7 Å². The number of nitrogens with one attached hydrogen (secondary N) is 1. The number of benzene rings is 2. The second kappa shape index (κ2) is 7.23. The Morgan fingerprint density at radius 3 is 2.39 bits per heavy atom. The number of hydrogen-bond acceptors (Lipinski definition) is 3. The number of rotatable bonds is 4. The zero-order valence-corrected chi connectivity index (χ0v) is 15.6. The molecule has 5 nitrogen and oxygen atoms in total. The summed E-state index contributed by atoms with van der Waals surface area (Å²) >= 11 is 0. The van der Waals surface area contributed by atoms with Crippen LogP contribution < -0.4 is 5.32 Å². The first-order chi connectivity index (χ1) is 13.5. The number of carbonyl (C=O) groups is 1. The van der Waals surface area contributed by atoms with E-state index >= 15 is 0 Å². The van der Waals surface area contributed by atoms with Crippen LogP contribution in [0.4, 0.5) is 4.39 Å². The first kappa shape index (κ1) is 17.9. The van der Waals surface area contributed by atoms with Crippen LogP contribution >= 0.6 is 0 Å². The second-order valence-electron chi connectivity index (χ2n) is 6.83. The van der Waals surface area contributed by atoms with Crippen molar-refractivity contribution in [2.24, 2.45) is 0 Å². The van der Waals surface area contributed by atoms with E-state index in [9.17, 15) is 9.18 Å². The summed E-state index contributed by atoms with van der Waals surface area (Å²) in [4.78, 5) is 17.0. The van der Waals surface area contributed by atoms with Gasteiger partial charge in [0.25, 0.3) is 5.91 Å². The van der Waals surface area contributed by atoms with Gasteiger partial charge in [0, 0.05) is 23.2 Å². The van der Waals surface area contributed by atoms with E-state index in [0.717, 1.165) is 16.8 Å². The molecule has 0 aliphatic heterocycles. The molecule has 0 saturated heterocycles. The Bertz CT molecular complexity index is 1130. The van der Waals surface area contributed by atoms with Gasteiger partial charge >= 0.3 is 0 Å². The van der Waals surface area contributed by atoms with E-state index in [0.29, 0.717) is 17.0 Å². The van der Waals surface area contributed by atoms with E-state index in [1.165, 1.54) is 12.1 Å². The Balaban J connectivity index is 1.91. The quantitative estimate of drug-likeness (QED) is 0.578. The number of nitrogens with zero attached hydrogens (tertiary/aromatic N) is 3. The average Bonchev–Trinajstić information content (AvgIpc) is 3.12. The zero-order chi connectivity index (χ0) is 19.7. The highest BCUT2D eigenvalue weighted by atomic mass is 19.1. The van der Waals surface area contributed by atoms with E-state index in [-0.39, 0.29) is 17.8 Å². The van der Waals surface area contributed by atoms with Crippen LogP contribution in [-0.4, -0.2) is 26.5 Å². The van der Waals surface area contributed by atoms with Crippen LogP contribution in [0.3, 0.4) is 0 Å². The van der Waals surface area contributed by atoms with Gasteiger partial charge in [0.05, 0.1) is 11.4 Å². The molecule has 0 bridgehead atoms. The largest absolute Gasteiger partial charge is 0.349 e. The number of hydrogen-bond donors (Lipinski definition) is 1. The molecule has 0 unspecified atom stereocenters. The van der Waals surface area contributed by atoms with Gasteiger partial charge in [-0.05, 0) is 44.2 Å². The number of halogens is 1. The van der Waals surface area contributed by atoms with Gasteiger partial charge in [0.1, 0.15) is 11.5 Å². The molecular weight excluding hydrogens is 355 g/mol. The normalized spacial score (nSPS) is 11.1. The topological polar surface area (TPSA) is 59.3 Å². The van der Waals surface area contributed by atoms with Gasteiger partial charge in [-0.3, -0.25) is 4.79 Å². The van der Waals surface area contributed by atoms with Gasteiger partial charge in [-0.25, -0.2) is 13.9 Å². The molecule has 4 aromatic rings. The lowest BCUT2D eigenvalue weighted by Crippen LogP contribution is -2.31. The molecule has 0 radical (unpaired) electrons. The Morgan fingerprint density at radius 2 is 1.71 bits per heavy atom. The van der Waals surface area contributed by atoms with E-state index in [1.807, 2.05) is 50.2 Å². The number of amides is 1. The zero-order valence-electron chi connectivity index (χ0n) is 15.6. The third-order valence-electron chi connectivity index (χ3n) is 4.29. The van der Waals surface area contributed by atoms with Crippen molar-refractivity contribution in [1.29, 1.82) is 0 Å². The van der Waals surface area contributed by atoms with Crippen molar-refractivity contribution in [3.05, 3.63) is 78.2 Å². The standard InChI is InChI=1S/C22H19FN4O/c1-14(2)24-22(28)19-12-20(16-8-10-17(23)11-9-16)27-21(25-19)13-18(26-27)15-6-4-3-5-7-15/h3-14H,1-2H3,(H,24,28). The summed E-state index contributed by atoms with van der Waals surface area (Å²) < 4.78 is 15.1. The molecule has 0 atom stereocenters. The molecule has 0 fully saturated rings. The molecule has 28 heavy (non-hydrogen) atoms. The van der Waals surface area contributed by atoms with Crippen molar-refractivity contribution in [2.45, 2.75) is 19.9 Å². The van der Waals surface area contributed by atoms with Crippen molar-refractivity contribution >= 4 is 11.6 Å². The molecule has 1 N–H and O–H groups in total. The average molecular weight is 374 g/mol. The number of fused-ring (bicyclic) bond motifs is 1. The highest BCUT2D eigenvalue weighted by Crippen LogP contribution is 2.25. The van der Waals surface area contributed by atoms with Gasteiger partial charge in [0.15, 0.2) is 5.65 Å². The second-order valence-corrected chi connectivity index (χ2v) is 6.83. The Labute approximate surface area is 161 Å². The molecule has 2 aromatic heterocycles. The highest BCUT2D eigenvalue weighted by Gasteiger charge is 2.16. The highest BCUT2D eigenvalue weighted by molar-refractivity contribution is 5.94. The predicted octanol–water partition coefficient (Wildman–Crippen LogP) is 4.34. The maximum Gasteiger partial charge on any atom is 0.270 e. The summed E-state index contributed by atoms with van der Waals surface area (Å²) in [5.41, 5.74) is 3.95. The Morgan fingerprint density at radius 1 is 1.00 bits per heavy atom. The van der Waals surface area contributed by atoms with Crippen LogP contribution in [0.1, 0.15) is 24.3 Å². The van der Waals surface area contributed by atoms with Gasteiger partial charge in [-0.1, -0.05) is 30.3 Å². The van der Waals surface area contributed by atoms with Crippen LogP contribution in [-0.2, 0) is 0 Å². The van der Waals surface area contributed by atoms with Crippen LogP contribution in [0.2, 0.25) is 0 Å². The van der Waals surface area contributed by atoms with Gasteiger partial charge in [-0.2, -0.15) is 5.10 Å². The predicted molar refractivity (Wildman–Crippen MR) is 106 cm³/mol. The van der Waals surface area contributed by atoms with Gasteiger partial charge < -0.3 is 5.32 Å². The maximum atomic E-state index is 13.4. The molecule has 2 aromatic carbocycles. The maximum absolute atomic E-state index is 13.4. The SMILES string of the molecule is CC(C)NC(=O)c1cc(-c2ccc(F)cc2)n2nc(-c3ccccc3)cc2n1. The fourth-order valence-corrected chi connectivity index (χ4v) is 3.00. The number of aromatic nitrogens is 3. The van der Waals surface area contributed by atoms with Crippen LogP contribution in [0, 0.1) is 5.82 Å². The fraction of sp³-hybridized carbons (Fsp3) is 0.136. The van der Waals surface area contributed by atoms with Crippen molar-refractivity contribution in [3.63, 3.8) is 0 Å². The molecule has 0 aliphatic carbocycles. The smallest absolute Gasteiger partial charge is 0.270 e. The molecule has 0 saturated carbocycles. The first-order valence-electron chi connectivity index (χ1n) is 9.04. The van der Waals surface area contributed by atoms with Crippen LogP contribution in [0.15, 0.2) is 66.7 Å². The molecule has 0 aliphatic rings. The van der Waals surface area contributed by atoms with Crippen molar-refractivity contribution in [1.82, 2.24) is 19.9 Å². The molecule has 4 rings (SSSR count). The van der Waals surface area contributed by atoms with Crippen LogP contribution in [0.5, 0.6) is 0 Å². The summed E-state index contributed by atoms with van der Waals surface area (Å²) in [6.07, 6.45) is 0. The lowest BCUT2D eigenvalue weighted by atomic mass is 10.1. The van der Waals surface area contributed by atoms with Crippen molar-refractivity contribution in [2.75, 3.05) is 0 Å². The van der Waals surface area contributed by atoms with Crippen LogP contribution in [0.25, 0.3) is 28.2 Å². The van der Waals surface area contributed by atoms with E-state index in [4.69, 9.17) is 0 Å². The molecule has 140 valence electrons. The fourth-order valence-electron chi connectivity index (χ4n) is 3.00. The monoisotopic (exact) mass is 374 g/mol. The summed E-state index contributed by atoms with van der Waals surface area (Å²) in [7, 11) is 0. The minimum atomic E-state index is -0.322. The van der Waals surface area contributed by atoms with Crippen molar-refractivity contribution < 1.29 is 9.18 Å². The molecule has 2 heterocycles. The third-order valence-corrected chi connectivity index (χ3v) is 4.29. The Hall–Kier alpha value is -3.54. The summed E-state index contributed by atoms with van der Waals surface area (Å²) in [5.74, 6) is -0.583.